The zero-order valence-electron chi connectivity index (χ0n) is 7.20. The first-order chi connectivity index (χ1) is 5.97. The zero-order chi connectivity index (χ0) is 8.23. The molecule has 1 fully saturated rings. The number of anilines is 1. The highest BCUT2D eigenvalue weighted by molar-refractivity contribution is 5.24. The third kappa shape index (κ3) is 1.60. The van der Waals surface area contributed by atoms with Gasteiger partial charge in [0.15, 0.2) is 0 Å². The molecule has 2 heterocycles. The molecular weight excluding hydrogens is 152 g/mol. The van der Waals surface area contributed by atoms with E-state index < -0.39 is 0 Å². The van der Waals surface area contributed by atoms with Crippen molar-refractivity contribution in [2.24, 2.45) is 0 Å². The predicted octanol–water partition coefficient (Wildman–Crippen LogP) is 2.05. The van der Waals surface area contributed by atoms with Crippen molar-refractivity contribution >= 4 is 6.01 Å². The molecule has 0 bridgehead atoms. The minimum atomic E-state index is 0.789. The van der Waals surface area contributed by atoms with E-state index >= 15 is 0 Å². The van der Waals surface area contributed by atoms with Gasteiger partial charge < -0.3 is 9.32 Å². The summed E-state index contributed by atoms with van der Waals surface area (Å²) in [7, 11) is 0. The fourth-order valence-electron chi connectivity index (χ4n) is 1.63. The number of rotatable bonds is 1. The maximum atomic E-state index is 5.24. The van der Waals surface area contributed by atoms with Crippen molar-refractivity contribution in [2.75, 3.05) is 18.0 Å². The molecule has 1 saturated heterocycles. The van der Waals surface area contributed by atoms with Gasteiger partial charge in [-0.3, -0.25) is 0 Å². The van der Waals surface area contributed by atoms with Crippen molar-refractivity contribution in [3.63, 3.8) is 0 Å². The molecule has 1 aromatic rings. The molecule has 1 aliphatic heterocycles. The van der Waals surface area contributed by atoms with Crippen LogP contribution in [0.2, 0.25) is 0 Å². The van der Waals surface area contributed by atoms with E-state index in [-0.39, 0.29) is 0 Å². The third-order valence-corrected chi connectivity index (χ3v) is 2.30. The lowest BCUT2D eigenvalue weighted by Crippen LogP contribution is -2.23. The highest BCUT2D eigenvalue weighted by Crippen LogP contribution is 2.16. The Morgan fingerprint density at radius 2 is 1.92 bits per heavy atom. The first kappa shape index (κ1) is 7.65. The van der Waals surface area contributed by atoms with Crippen LogP contribution in [0.25, 0.3) is 0 Å². The first-order valence-corrected chi connectivity index (χ1v) is 4.61. The van der Waals surface area contributed by atoms with Gasteiger partial charge in [-0.15, -0.1) is 0 Å². The van der Waals surface area contributed by atoms with E-state index in [0.717, 1.165) is 19.1 Å². The monoisotopic (exact) mass is 166 g/mol. The summed E-state index contributed by atoms with van der Waals surface area (Å²) < 4.78 is 5.24. The van der Waals surface area contributed by atoms with Gasteiger partial charge in [0.05, 0.1) is 6.20 Å². The predicted molar refractivity (Wildman–Crippen MR) is 47.2 cm³/mol. The lowest BCUT2D eigenvalue weighted by atomic mass is 10.2. The molecule has 0 atom stereocenters. The molecule has 0 N–H and O–H groups in total. The summed E-state index contributed by atoms with van der Waals surface area (Å²) >= 11 is 0. The summed E-state index contributed by atoms with van der Waals surface area (Å²) in [5.41, 5.74) is 0. The Labute approximate surface area is 72.4 Å². The molecule has 2 rings (SSSR count). The topological polar surface area (TPSA) is 29.3 Å². The average molecular weight is 166 g/mol. The minimum absolute atomic E-state index is 0.789. The Hall–Kier alpha value is -0.990. The number of hydrogen-bond donors (Lipinski definition) is 0. The fourth-order valence-corrected chi connectivity index (χ4v) is 1.63. The maximum Gasteiger partial charge on any atom is 0.297 e. The minimum Gasteiger partial charge on any atom is -0.432 e. The van der Waals surface area contributed by atoms with E-state index in [9.17, 15) is 0 Å². The van der Waals surface area contributed by atoms with E-state index in [1.165, 1.54) is 25.7 Å². The van der Waals surface area contributed by atoms with Gasteiger partial charge in [-0.25, -0.2) is 4.98 Å². The summed E-state index contributed by atoms with van der Waals surface area (Å²) in [4.78, 5) is 6.37. The van der Waals surface area contributed by atoms with Crippen molar-refractivity contribution < 1.29 is 4.42 Å². The van der Waals surface area contributed by atoms with Crippen molar-refractivity contribution in [3.8, 4) is 0 Å². The largest absolute Gasteiger partial charge is 0.432 e. The normalized spacial score (nSPS) is 19.2. The lowest BCUT2D eigenvalue weighted by Gasteiger charge is -2.16. The van der Waals surface area contributed by atoms with Crippen LogP contribution in [0.4, 0.5) is 6.01 Å². The molecule has 0 radical (unpaired) electrons. The summed E-state index contributed by atoms with van der Waals surface area (Å²) in [6.07, 6.45) is 8.57. The Bertz CT molecular complexity index is 212. The molecule has 0 spiro atoms. The van der Waals surface area contributed by atoms with Crippen molar-refractivity contribution in [1.29, 1.82) is 0 Å². The lowest BCUT2D eigenvalue weighted by molar-refractivity contribution is 0.534. The van der Waals surface area contributed by atoms with Crippen LogP contribution in [0.15, 0.2) is 16.9 Å². The number of aromatic nitrogens is 1. The highest BCUT2D eigenvalue weighted by atomic mass is 16.4. The molecule has 0 aliphatic carbocycles. The number of nitrogens with zero attached hydrogens (tertiary/aromatic N) is 2. The van der Waals surface area contributed by atoms with Gasteiger partial charge >= 0.3 is 0 Å². The van der Waals surface area contributed by atoms with Gasteiger partial charge in [0.1, 0.15) is 6.26 Å². The van der Waals surface area contributed by atoms with Crippen LogP contribution in [-0.2, 0) is 0 Å². The Kier molecular flexibility index (Phi) is 2.30. The van der Waals surface area contributed by atoms with Gasteiger partial charge in [0.25, 0.3) is 6.01 Å². The van der Waals surface area contributed by atoms with Crippen molar-refractivity contribution in [3.05, 3.63) is 12.5 Å². The van der Waals surface area contributed by atoms with E-state index in [4.69, 9.17) is 4.42 Å². The van der Waals surface area contributed by atoms with Crippen LogP contribution in [0, 0.1) is 0 Å². The molecule has 0 amide bonds. The van der Waals surface area contributed by atoms with Gasteiger partial charge in [0, 0.05) is 13.1 Å². The van der Waals surface area contributed by atoms with Crippen molar-refractivity contribution in [1.82, 2.24) is 4.98 Å². The average Bonchev–Trinajstić information content (AvgIpc) is 2.48. The van der Waals surface area contributed by atoms with Crippen LogP contribution < -0.4 is 4.90 Å². The van der Waals surface area contributed by atoms with Crippen molar-refractivity contribution in [2.45, 2.75) is 25.7 Å². The third-order valence-electron chi connectivity index (χ3n) is 2.30. The standard InChI is InChI=1S/C9H14N2O/c1-2-4-7-11(6-3-1)9-10-5-8-12-9/h5,8H,1-4,6-7H2. The molecule has 0 saturated carbocycles. The SMILES string of the molecule is c1coc(N2CCCCCC2)n1. The molecule has 1 aromatic heterocycles. The molecule has 3 heteroatoms. The molecule has 0 unspecified atom stereocenters. The molecule has 0 aromatic carbocycles. The zero-order valence-corrected chi connectivity index (χ0v) is 7.20. The number of oxazole rings is 1. The summed E-state index contributed by atoms with van der Waals surface area (Å²) in [5, 5.41) is 0. The Balaban J connectivity index is 2.02. The summed E-state index contributed by atoms with van der Waals surface area (Å²) in [6, 6.07) is 0.789. The quantitative estimate of drug-likeness (QED) is 0.639. The highest BCUT2D eigenvalue weighted by Gasteiger charge is 2.12. The van der Waals surface area contributed by atoms with E-state index in [0.29, 0.717) is 0 Å². The second-order valence-corrected chi connectivity index (χ2v) is 3.22. The van der Waals surface area contributed by atoms with Crippen LogP contribution in [0.3, 0.4) is 0 Å². The molecular formula is C9H14N2O. The Morgan fingerprint density at radius 3 is 2.50 bits per heavy atom. The molecule has 1 aliphatic rings. The van der Waals surface area contributed by atoms with Gasteiger partial charge in [-0.1, -0.05) is 12.8 Å². The van der Waals surface area contributed by atoms with E-state index in [1.54, 1.807) is 12.5 Å². The van der Waals surface area contributed by atoms with Crippen LogP contribution >= 0.6 is 0 Å². The second kappa shape index (κ2) is 3.61. The fraction of sp³-hybridized carbons (Fsp3) is 0.667. The van der Waals surface area contributed by atoms with Crippen LogP contribution in [-0.4, -0.2) is 18.1 Å². The van der Waals surface area contributed by atoms with E-state index in [2.05, 4.69) is 9.88 Å². The molecule has 3 nitrogen and oxygen atoms in total. The van der Waals surface area contributed by atoms with Gasteiger partial charge in [-0.05, 0) is 12.8 Å². The summed E-state index contributed by atoms with van der Waals surface area (Å²) in [6.45, 7) is 2.20. The number of hydrogen-bond acceptors (Lipinski definition) is 3. The van der Waals surface area contributed by atoms with E-state index in [1.807, 2.05) is 0 Å². The Morgan fingerprint density at radius 1 is 1.17 bits per heavy atom. The smallest absolute Gasteiger partial charge is 0.297 e. The second-order valence-electron chi connectivity index (χ2n) is 3.22. The first-order valence-electron chi connectivity index (χ1n) is 4.61. The van der Waals surface area contributed by atoms with Gasteiger partial charge in [-0.2, -0.15) is 0 Å². The molecule has 12 heavy (non-hydrogen) atoms. The maximum absolute atomic E-state index is 5.24. The molecule has 66 valence electrons. The van der Waals surface area contributed by atoms with Crippen LogP contribution in [0.5, 0.6) is 0 Å². The summed E-state index contributed by atoms with van der Waals surface area (Å²) in [5.74, 6) is 0. The van der Waals surface area contributed by atoms with Crippen LogP contribution in [0.1, 0.15) is 25.7 Å². The van der Waals surface area contributed by atoms with Gasteiger partial charge in [0.2, 0.25) is 0 Å².